The van der Waals surface area contributed by atoms with E-state index in [0.29, 0.717) is 12.0 Å². The second kappa shape index (κ2) is 5.71. The highest BCUT2D eigenvalue weighted by Crippen LogP contribution is 2.37. The lowest BCUT2D eigenvalue weighted by Gasteiger charge is -2.36. The molecule has 1 saturated carbocycles. The third-order valence-electron chi connectivity index (χ3n) is 3.70. The van der Waals surface area contributed by atoms with Crippen LogP contribution in [-0.2, 0) is 11.8 Å². The summed E-state index contributed by atoms with van der Waals surface area (Å²) in [7, 11) is 3.56. The first-order valence-electron chi connectivity index (χ1n) is 6.58. The van der Waals surface area contributed by atoms with E-state index in [0.717, 1.165) is 37.3 Å². The van der Waals surface area contributed by atoms with E-state index >= 15 is 0 Å². The first-order valence-corrected chi connectivity index (χ1v) is 6.58. The Kier molecular flexibility index (Phi) is 4.24. The highest BCUT2D eigenvalue weighted by atomic mass is 16.5. The van der Waals surface area contributed by atoms with Gasteiger partial charge in [-0.2, -0.15) is 5.10 Å². The van der Waals surface area contributed by atoms with Gasteiger partial charge in [-0.1, -0.05) is 0 Å². The first-order chi connectivity index (χ1) is 8.65. The van der Waals surface area contributed by atoms with Crippen molar-refractivity contribution in [1.29, 1.82) is 0 Å². The van der Waals surface area contributed by atoms with Gasteiger partial charge in [0.25, 0.3) is 0 Å². The van der Waals surface area contributed by atoms with Crippen molar-refractivity contribution < 1.29 is 9.47 Å². The summed E-state index contributed by atoms with van der Waals surface area (Å²) in [6.07, 6.45) is 5.39. The third-order valence-corrected chi connectivity index (χ3v) is 3.70. The SMILES string of the molecule is CCOC1CC(CC(N)c2c(OC)cnn2C)C1. The van der Waals surface area contributed by atoms with Crippen molar-refractivity contribution in [1.82, 2.24) is 9.78 Å². The van der Waals surface area contributed by atoms with Gasteiger partial charge in [-0.3, -0.25) is 4.68 Å². The number of hydrogen-bond acceptors (Lipinski definition) is 4. The van der Waals surface area contributed by atoms with Crippen LogP contribution in [0.4, 0.5) is 0 Å². The van der Waals surface area contributed by atoms with Crippen LogP contribution >= 0.6 is 0 Å². The maximum Gasteiger partial charge on any atom is 0.161 e. The summed E-state index contributed by atoms with van der Waals surface area (Å²) in [6.45, 7) is 2.85. The molecule has 0 saturated heterocycles. The number of hydrogen-bond donors (Lipinski definition) is 1. The van der Waals surface area contributed by atoms with Gasteiger partial charge in [0, 0.05) is 13.7 Å². The quantitative estimate of drug-likeness (QED) is 0.837. The standard InChI is InChI=1S/C13H23N3O2/c1-4-18-10-5-9(6-10)7-11(14)13-12(17-3)8-15-16(13)2/h8-11H,4-7,14H2,1-3H3. The van der Waals surface area contributed by atoms with E-state index in [4.69, 9.17) is 15.2 Å². The highest BCUT2D eigenvalue weighted by Gasteiger charge is 2.32. The lowest BCUT2D eigenvalue weighted by Crippen LogP contribution is -2.33. The van der Waals surface area contributed by atoms with E-state index in [9.17, 15) is 0 Å². The molecule has 1 unspecified atom stereocenters. The van der Waals surface area contributed by atoms with Crippen LogP contribution in [0, 0.1) is 5.92 Å². The van der Waals surface area contributed by atoms with Gasteiger partial charge < -0.3 is 15.2 Å². The van der Waals surface area contributed by atoms with Gasteiger partial charge in [-0.15, -0.1) is 0 Å². The molecule has 0 amide bonds. The lowest BCUT2D eigenvalue weighted by atomic mass is 9.78. The van der Waals surface area contributed by atoms with Crippen molar-refractivity contribution in [2.45, 2.75) is 38.3 Å². The molecule has 1 heterocycles. The van der Waals surface area contributed by atoms with E-state index in [1.54, 1.807) is 13.3 Å². The summed E-state index contributed by atoms with van der Waals surface area (Å²) in [6, 6.07) is -0.0139. The Balaban J connectivity index is 1.89. The molecular formula is C13H23N3O2. The van der Waals surface area contributed by atoms with Crippen LogP contribution in [0.2, 0.25) is 0 Å². The van der Waals surface area contributed by atoms with Gasteiger partial charge in [-0.25, -0.2) is 0 Å². The van der Waals surface area contributed by atoms with Crippen molar-refractivity contribution in [2.24, 2.45) is 18.7 Å². The molecular weight excluding hydrogens is 230 g/mol. The van der Waals surface area contributed by atoms with Crippen molar-refractivity contribution in [3.8, 4) is 5.75 Å². The number of methoxy groups -OCH3 is 1. The van der Waals surface area contributed by atoms with Gasteiger partial charge in [-0.05, 0) is 32.1 Å². The average Bonchev–Trinajstić information content (AvgIpc) is 2.67. The molecule has 1 atom stereocenters. The minimum absolute atomic E-state index is 0.0139. The van der Waals surface area contributed by atoms with Crippen LogP contribution in [0.1, 0.15) is 37.9 Å². The molecule has 0 radical (unpaired) electrons. The number of aryl methyl sites for hydroxylation is 1. The minimum atomic E-state index is -0.0139. The van der Waals surface area contributed by atoms with Crippen LogP contribution in [0.25, 0.3) is 0 Å². The Labute approximate surface area is 108 Å². The molecule has 0 aliphatic heterocycles. The predicted octanol–water partition coefficient (Wildman–Crippen LogP) is 1.63. The zero-order valence-electron chi connectivity index (χ0n) is 11.4. The van der Waals surface area contributed by atoms with E-state index in [1.165, 1.54) is 0 Å². The largest absolute Gasteiger partial charge is 0.493 e. The molecule has 5 heteroatoms. The lowest BCUT2D eigenvalue weighted by molar-refractivity contribution is -0.0283. The highest BCUT2D eigenvalue weighted by molar-refractivity contribution is 5.27. The van der Waals surface area contributed by atoms with Crippen molar-refractivity contribution in [3.63, 3.8) is 0 Å². The summed E-state index contributed by atoms with van der Waals surface area (Å²) in [5, 5.41) is 4.19. The summed E-state index contributed by atoms with van der Waals surface area (Å²) in [5.74, 6) is 1.45. The molecule has 2 N–H and O–H groups in total. The van der Waals surface area contributed by atoms with Crippen LogP contribution in [0.3, 0.4) is 0 Å². The minimum Gasteiger partial charge on any atom is -0.493 e. The fourth-order valence-electron chi connectivity index (χ4n) is 2.72. The Morgan fingerprint density at radius 2 is 2.28 bits per heavy atom. The Morgan fingerprint density at radius 3 is 2.89 bits per heavy atom. The van der Waals surface area contributed by atoms with Gasteiger partial charge in [0.1, 0.15) is 0 Å². The Morgan fingerprint density at radius 1 is 1.56 bits per heavy atom. The van der Waals surface area contributed by atoms with Crippen molar-refractivity contribution in [3.05, 3.63) is 11.9 Å². The van der Waals surface area contributed by atoms with E-state index in [1.807, 2.05) is 18.7 Å². The normalized spacial score (nSPS) is 24.7. The van der Waals surface area contributed by atoms with Crippen LogP contribution < -0.4 is 10.5 Å². The summed E-state index contributed by atoms with van der Waals surface area (Å²) in [4.78, 5) is 0. The summed E-state index contributed by atoms with van der Waals surface area (Å²) < 4.78 is 12.7. The number of rotatable bonds is 6. The Hall–Kier alpha value is -1.07. The topological polar surface area (TPSA) is 62.3 Å². The van der Waals surface area contributed by atoms with Crippen LogP contribution in [-0.4, -0.2) is 29.6 Å². The number of ether oxygens (including phenoxy) is 2. The smallest absolute Gasteiger partial charge is 0.161 e. The summed E-state index contributed by atoms with van der Waals surface area (Å²) in [5.41, 5.74) is 7.25. The molecule has 1 aliphatic carbocycles. The molecule has 18 heavy (non-hydrogen) atoms. The number of aromatic nitrogens is 2. The van der Waals surface area contributed by atoms with E-state index < -0.39 is 0 Å². The van der Waals surface area contributed by atoms with E-state index in [-0.39, 0.29) is 6.04 Å². The first kappa shape index (κ1) is 13.4. The maximum absolute atomic E-state index is 6.26. The molecule has 1 aliphatic rings. The molecule has 2 rings (SSSR count). The van der Waals surface area contributed by atoms with Gasteiger partial charge >= 0.3 is 0 Å². The van der Waals surface area contributed by atoms with Gasteiger partial charge in [0.2, 0.25) is 0 Å². The molecule has 1 aromatic rings. The predicted molar refractivity (Wildman–Crippen MR) is 69.4 cm³/mol. The zero-order valence-corrected chi connectivity index (χ0v) is 11.4. The fraction of sp³-hybridized carbons (Fsp3) is 0.769. The van der Waals surface area contributed by atoms with E-state index in [2.05, 4.69) is 5.10 Å². The molecule has 1 aromatic heterocycles. The molecule has 0 spiro atoms. The summed E-state index contributed by atoms with van der Waals surface area (Å²) >= 11 is 0. The average molecular weight is 253 g/mol. The number of nitrogens with zero attached hydrogens (tertiary/aromatic N) is 2. The van der Waals surface area contributed by atoms with Gasteiger partial charge in [0.15, 0.2) is 5.75 Å². The molecule has 0 aromatic carbocycles. The molecule has 1 fully saturated rings. The van der Waals surface area contributed by atoms with Crippen molar-refractivity contribution >= 4 is 0 Å². The second-order valence-electron chi connectivity index (χ2n) is 4.98. The second-order valence-corrected chi connectivity index (χ2v) is 4.98. The van der Waals surface area contributed by atoms with Crippen molar-refractivity contribution in [2.75, 3.05) is 13.7 Å². The molecule has 102 valence electrons. The van der Waals surface area contributed by atoms with Crippen LogP contribution in [0.15, 0.2) is 6.20 Å². The zero-order chi connectivity index (χ0) is 13.1. The fourth-order valence-corrected chi connectivity index (χ4v) is 2.72. The molecule has 5 nitrogen and oxygen atoms in total. The van der Waals surface area contributed by atoms with Gasteiger partial charge in [0.05, 0.1) is 31.1 Å². The monoisotopic (exact) mass is 253 g/mol. The molecule has 0 bridgehead atoms. The number of nitrogens with two attached hydrogens (primary N) is 1. The Bertz CT molecular complexity index is 386. The maximum atomic E-state index is 6.26. The third kappa shape index (κ3) is 2.67. The van der Waals surface area contributed by atoms with Crippen LogP contribution in [0.5, 0.6) is 5.75 Å².